The first-order valence-electron chi connectivity index (χ1n) is 6.05. The van der Waals surface area contributed by atoms with Gasteiger partial charge in [0, 0.05) is 25.0 Å². The van der Waals surface area contributed by atoms with Gasteiger partial charge in [-0.25, -0.2) is 13.8 Å². The van der Waals surface area contributed by atoms with Crippen molar-refractivity contribution < 1.29 is 8.78 Å². The molecule has 0 aliphatic rings. The molecule has 0 atom stereocenters. The largest absolute Gasteiger partial charge is 0.355 e. The number of imidazole rings is 1. The Morgan fingerprint density at radius 2 is 2.11 bits per heavy atom. The maximum atomic E-state index is 13.8. The highest BCUT2D eigenvalue weighted by molar-refractivity contribution is 9.10. The standard InChI is InChI=1S/C13H14BrF2N3/c1-2-3-4-17-13-18-5-6-19(13)12-7-9(14)10(15)8-11(12)16/h5-8H,2-4H2,1H3,(H,17,18). The summed E-state index contributed by atoms with van der Waals surface area (Å²) in [5.41, 5.74) is 0.254. The van der Waals surface area contributed by atoms with E-state index in [1.165, 1.54) is 6.07 Å². The highest BCUT2D eigenvalue weighted by Crippen LogP contribution is 2.24. The molecule has 0 saturated heterocycles. The average Bonchev–Trinajstić information content (AvgIpc) is 2.82. The monoisotopic (exact) mass is 329 g/mol. The van der Waals surface area contributed by atoms with E-state index in [0.29, 0.717) is 5.95 Å². The van der Waals surface area contributed by atoms with Crippen LogP contribution >= 0.6 is 15.9 Å². The molecule has 0 fully saturated rings. The van der Waals surface area contributed by atoms with Crippen molar-refractivity contribution in [3.63, 3.8) is 0 Å². The number of halogens is 3. The van der Waals surface area contributed by atoms with Crippen LogP contribution in [0, 0.1) is 11.6 Å². The molecule has 6 heteroatoms. The van der Waals surface area contributed by atoms with E-state index in [2.05, 4.69) is 33.2 Å². The van der Waals surface area contributed by atoms with Crippen LogP contribution in [0.1, 0.15) is 19.8 Å². The first-order valence-corrected chi connectivity index (χ1v) is 6.85. The van der Waals surface area contributed by atoms with Crippen molar-refractivity contribution in [3.05, 3.63) is 40.6 Å². The Balaban J connectivity index is 2.32. The van der Waals surface area contributed by atoms with E-state index in [0.717, 1.165) is 25.5 Å². The summed E-state index contributed by atoms with van der Waals surface area (Å²) in [5, 5.41) is 3.13. The number of rotatable bonds is 5. The van der Waals surface area contributed by atoms with Gasteiger partial charge in [0.2, 0.25) is 5.95 Å². The molecule has 0 aliphatic carbocycles. The van der Waals surface area contributed by atoms with Gasteiger partial charge < -0.3 is 5.32 Å². The number of hydrogen-bond donors (Lipinski definition) is 1. The average molecular weight is 330 g/mol. The summed E-state index contributed by atoms with van der Waals surface area (Å²) in [6, 6.07) is 2.26. The molecule has 0 spiro atoms. The molecular formula is C13H14BrF2N3. The molecule has 0 saturated carbocycles. The zero-order valence-corrected chi connectivity index (χ0v) is 12.0. The number of aromatic nitrogens is 2. The van der Waals surface area contributed by atoms with Gasteiger partial charge in [-0.05, 0) is 28.4 Å². The smallest absolute Gasteiger partial charge is 0.207 e. The van der Waals surface area contributed by atoms with Crippen LogP contribution in [0.4, 0.5) is 14.7 Å². The molecular weight excluding hydrogens is 316 g/mol. The van der Waals surface area contributed by atoms with Gasteiger partial charge in [0.15, 0.2) is 0 Å². The van der Waals surface area contributed by atoms with E-state index < -0.39 is 11.6 Å². The van der Waals surface area contributed by atoms with Crippen molar-refractivity contribution in [2.45, 2.75) is 19.8 Å². The molecule has 19 heavy (non-hydrogen) atoms. The lowest BCUT2D eigenvalue weighted by Gasteiger charge is -2.11. The molecule has 3 nitrogen and oxygen atoms in total. The molecule has 1 aromatic heterocycles. The second-order valence-corrected chi connectivity index (χ2v) is 4.97. The van der Waals surface area contributed by atoms with E-state index in [1.807, 2.05) is 0 Å². The molecule has 1 aromatic carbocycles. The lowest BCUT2D eigenvalue weighted by atomic mass is 10.3. The summed E-state index contributed by atoms with van der Waals surface area (Å²) in [6.07, 6.45) is 5.27. The van der Waals surface area contributed by atoms with Crippen molar-refractivity contribution in [2.75, 3.05) is 11.9 Å². The van der Waals surface area contributed by atoms with Crippen molar-refractivity contribution in [3.8, 4) is 5.69 Å². The molecule has 1 heterocycles. The molecule has 2 aromatic rings. The molecule has 1 N–H and O–H groups in total. The zero-order valence-electron chi connectivity index (χ0n) is 10.5. The maximum Gasteiger partial charge on any atom is 0.207 e. The number of nitrogens with zero attached hydrogens (tertiary/aromatic N) is 2. The molecule has 0 radical (unpaired) electrons. The number of unbranched alkanes of at least 4 members (excludes halogenated alkanes) is 1. The Kier molecular flexibility index (Phi) is 4.52. The molecule has 0 aliphatic heterocycles. The lowest BCUT2D eigenvalue weighted by molar-refractivity contribution is 0.574. The van der Waals surface area contributed by atoms with Crippen molar-refractivity contribution in [2.24, 2.45) is 0 Å². The summed E-state index contributed by atoms with van der Waals surface area (Å²) >= 11 is 3.06. The van der Waals surface area contributed by atoms with Gasteiger partial charge in [-0.15, -0.1) is 0 Å². The van der Waals surface area contributed by atoms with Crippen LogP contribution < -0.4 is 5.32 Å². The van der Waals surface area contributed by atoms with Crippen LogP contribution in [-0.2, 0) is 0 Å². The highest BCUT2D eigenvalue weighted by Gasteiger charge is 2.12. The van der Waals surface area contributed by atoms with E-state index in [4.69, 9.17) is 0 Å². The van der Waals surface area contributed by atoms with Gasteiger partial charge in [0.1, 0.15) is 11.6 Å². The maximum absolute atomic E-state index is 13.8. The van der Waals surface area contributed by atoms with E-state index in [1.54, 1.807) is 17.0 Å². The summed E-state index contributed by atoms with van der Waals surface area (Å²) in [6.45, 7) is 2.85. The van der Waals surface area contributed by atoms with Crippen LogP contribution in [0.25, 0.3) is 5.69 Å². The number of hydrogen-bond acceptors (Lipinski definition) is 2. The highest BCUT2D eigenvalue weighted by atomic mass is 79.9. The quantitative estimate of drug-likeness (QED) is 0.660. The van der Waals surface area contributed by atoms with Gasteiger partial charge in [-0.3, -0.25) is 4.57 Å². The molecule has 102 valence electrons. The van der Waals surface area contributed by atoms with Gasteiger partial charge in [-0.2, -0.15) is 0 Å². The minimum absolute atomic E-state index is 0.220. The topological polar surface area (TPSA) is 29.9 Å². The normalized spacial score (nSPS) is 10.7. The van der Waals surface area contributed by atoms with Crippen LogP contribution in [0.15, 0.2) is 29.0 Å². The van der Waals surface area contributed by atoms with E-state index in [-0.39, 0.29) is 10.2 Å². The van der Waals surface area contributed by atoms with Gasteiger partial charge in [-0.1, -0.05) is 13.3 Å². The third-order valence-electron chi connectivity index (χ3n) is 2.70. The Labute approximate surface area is 118 Å². The van der Waals surface area contributed by atoms with Crippen LogP contribution in [0.5, 0.6) is 0 Å². The Bertz CT molecular complexity index is 569. The summed E-state index contributed by atoms with van der Waals surface area (Å²) < 4.78 is 28.8. The fraction of sp³-hybridized carbons (Fsp3) is 0.308. The summed E-state index contributed by atoms with van der Waals surface area (Å²) in [5.74, 6) is -0.704. The first-order chi connectivity index (χ1) is 9.13. The molecule has 0 amide bonds. The van der Waals surface area contributed by atoms with Gasteiger partial charge in [0.05, 0.1) is 10.2 Å². The second kappa shape index (κ2) is 6.14. The van der Waals surface area contributed by atoms with Crippen LogP contribution in [-0.4, -0.2) is 16.1 Å². The predicted octanol–water partition coefficient (Wildman–Crippen LogP) is 4.13. The molecule has 2 rings (SSSR count). The Hall–Kier alpha value is -1.43. The zero-order chi connectivity index (χ0) is 13.8. The van der Waals surface area contributed by atoms with Crippen LogP contribution in [0.2, 0.25) is 0 Å². The Morgan fingerprint density at radius 1 is 1.32 bits per heavy atom. The fourth-order valence-electron chi connectivity index (χ4n) is 1.70. The lowest BCUT2D eigenvalue weighted by Crippen LogP contribution is -2.08. The minimum atomic E-state index is -0.628. The summed E-state index contributed by atoms with van der Waals surface area (Å²) in [7, 11) is 0. The SMILES string of the molecule is CCCCNc1nccn1-c1cc(Br)c(F)cc1F. The number of nitrogens with one attached hydrogen (secondary N) is 1. The van der Waals surface area contributed by atoms with E-state index >= 15 is 0 Å². The Morgan fingerprint density at radius 3 is 2.84 bits per heavy atom. The van der Waals surface area contributed by atoms with Gasteiger partial charge >= 0.3 is 0 Å². The van der Waals surface area contributed by atoms with Crippen LogP contribution in [0.3, 0.4) is 0 Å². The van der Waals surface area contributed by atoms with Crippen molar-refractivity contribution in [1.29, 1.82) is 0 Å². The fourth-order valence-corrected chi connectivity index (χ4v) is 2.03. The predicted molar refractivity (Wildman–Crippen MR) is 74.6 cm³/mol. The van der Waals surface area contributed by atoms with Gasteiger partial charge in [0.25, 0.3) is 0 Å². The van der Waals surface area contributed by atoms with Crippen molar-refractivity contribution >= 4 is 21.9 Å². The van der Waals surface area contributed by atoms with E-state index in [9.17, 15) is 8.78 Å². The first kappa shape index (κ1) is 14.0. The number of benzene rings is 1. The molecule has 0 unspecified atom stereocenters. The summed E-state index contributed by atoms with van der Waals surface area (Å²) in [4.78, 5) is 4.13. The second-order valence-electron chi connectivity index (χ2n) is 4.12. The number of anilines is 1. The van der Waals surface area contributed by atoms with Crippen molar-refractivity contribution in [1.82, 2.24) is 9.55 Å². The third-order valence-corrected chi connectivity index (χ3v) is 3.31. The third kappa shape index (κ3) is 3.12. The molecule has 0 bridgehead atoms. The minimum Gasteiger partial charge on any atom is -0.355 e.